The summed E-state index contributed by atoms with van der Waals surface area (Å²) in [6, 6.07) is 7.67. The van der Waals surface area contributed by atoms with Gasteiger partial charge in [0.2, 0.25) is 0 Å². The maximum atomic E-state index is 13.1. The Bertz CT molecular complexity index is 1500. The Morgan fingerprint density at radius 2 is 1.29 bits per heavy atom. The molecule has 5 rings (SSSR count). The maximum Gasteiger partial charge on any atom is 0.274 e. The van der Waals surface area contributed by atoms with Crippen LogP contribution in [0.1, 0.15) is 107 Å². The highest BCUT2D eigenvalue weighted by Crippen LogP contribution is 2.45. The summed E-state index contributed by atoms with van der Waals surface area (Å²) in [5, 5.41) is 26.7. The molecule has 0 spiro atoms. The molecule has 3 aromatic heterocycles. The molecule has 7 nitrogen and oxygen atoms in total. The fourth-order valence-corrected chi connectivity index (χ4v) is 8.61. The number of aromatic nitrogens is 1. The van der Waals surface area contributed by atoms with E-state index in [2.05, 4.69) is 69.3 Å². The predicted molar refractivity (Wildman–Crippen MR) is 168 cm³/mol. The Morgan fingerprint density at radius 3 is 1.69 bits per heavy atom. The summed E-state index contributed by atoms with van der Waals surface area (Å²) in [4.78, 5) is 32.8. The number of rotatable bonds is 4. The fraction of sp³-hybridized carbons (Fsp3) is 0.485. The molecular weight excluding hydrogens is 563 g/mol. The zero-order valence-corrected chi connectivity index (χ0v) is 26.7. The minimum absolute atomic E-state index is 0.159. The molecule has 3 aromatic rings. The third-order valence-corrected chi connectivity index (χ3v) is 11.3. The minimum Gasteiger partial charge on any atom is -0.312 e. The molecule has 0 aliphatic heterocycles. The summed E-state index contributed by atoms with van der Waals surface area (Å²) < 4.78 is 0. The second-order valence-corrected chi connectivity index (χ2v) is 15.8. The number of hydrogen-bond donors (Lipinski definition) is 2. The molecule has 0 saturated heterocycles. The van der Waals surface area contributed by atoms with Gasteiger partial charge in [-0.2, -0.15) is 10.5 Å². The molecule has 2 N–H and O–H groups in total. The SMILES string of the molecule is CC(C)(C)[C@@H]1CCc2c(sc(NC(=O)c3ccc(C(=O)Nc4sc5c(c4C#N)CC[C@H](C(C)(C)C)C5)cn3)c2C#N)C1. The molecule has 2 aliphatic rings. The van der Waals surface area contributed by atoms with E-state index in [9.17, 15) is 20.1 Å². The lowest BCUT2D eigenvalue weighted by molar-refractivity contribution is 0.101. The number of amides is 2. The quantitative estimate of drug-likeness (QED) is 0.318. The van der Waals surface area contributed by atoms with Crippen LogP contribution in [-0.4, -0.2) is 16.8 Å². The summed E-state index contributed by atoms with van der Waals surface area (Å²) in [7, 11) is 0. The van der Waals surface area contributed by atoms with Crippen LogP contribution in [0.4, 0.5) is 10.0 Å². The first-order valence-corrected chi connectivity index (χ1v) is 16.1. The van der Waals surface area contributed by atoms with E-state index in [0.717, 1.165) is 49.7 Å². The average molecular weight is 600 g/mol. The Hall–Kier alpha value is -3.53. The molecule has 0 fully saturated rings. The van der Waals surface area contributed by atoms with Crippen LogP contribution in [0.15, 0.2) is 18.3 Å². The summed E-state index contributed by atoms with van der Waals surface area (Å²) in [6.07, 6.45) is 6.94. The molecular formula is C33H37N5O2S2. The molecule has 42 heavy (non-hydrogen) atoms. The van der Waals surface area contributed by atoms with E-state index < -0.39 is 5.91 Å². The first-order chi connectivity index (χ1) is 19.8. The first kappa shape index (κ1) is 29.9. The van der Waals surface area contributed by atoms with Gasteiger partial charge in [-0.25, -0.2) is 0 Å². The van der Waals surface area contributed by atoms with Crippen LogP contribution in [0.3, 0.4) is 0 Å². The maximum absolute atomic E-state index is 13.1. The lowest BCUT2D eigenvalue weighted by Crippen LogP contribution is -2.26. The summed E-state index contributed by atoms with van der Waals surface area (Å²) >= 11 is 2.97. The van der Waals surface area contributed by atoms with Crippen LogP contribution >= 0.6 is 22.7 Å². The second kappa shape index (κ2) is 11.3. The Balaban J connectivity index is 1.28. The average Bonchev–Trinajstić information content (AvgIpc) is 3.47. The number of carbonyl (C=O) groups excluding carboxylic acids is 2. The third kappa shape index (κ3) is 5.86. The Morgan fingerprint density at radius 1 is 0.810 bits per heavy atom. The van der Waals surface area contributed by atoms with Crippen LogP contribution in [0.2, 0.25) is 0 Å². The number of nitrogens with one attached hydrogen (secondary N) is 2. The third-order valence-electron chi connectivity index (χ3n) is 8.92. The molecule has 3 heterocycles. The number of pyridine rings is 1. The molecule has 2 amide bonds. The monoisotopic (exact) mass is 599 g/mol. The number of fused-ring (bicyclic) bond motifs is 2. The number of carbonyl (C=O) groups is 2. The van der Waals surface area contributed by atoms with E-state index in [4.69, 9.17) is 0 Å². The van der Waals surface area contributed by atoms with Gasteiger partial charge >= 0.3 is 0 Å². The van der Waals surface area contributed by atoms with Crippen molar-refractivity contribution in [2.24, 2.45) is 22.7 Å². The summed E-state index contributed by atoms with van der Waals surface area (Å²) in [5.41, 5.74) is 4.05. The van der Waals surface area contributed by atoms with Gasteiger partial charge in [-0.1, -0.05) is 41.5 Å². The van der Waals surface area contributed by atoms with E-state index >= 15 is 0 Å². The van der Waals surface area contributed by atoms with Crippen LogP contribution in [0, 0.1) is 45.3 Å². The van der Waals surface area contributed by atoms with Crippen molar-refractivity contribution in [1.82, 2.24) is 4.98 Å². The van der Waals surface area contributed by atoms with Crippen molar-refractivity contribution in [2.45, 2.75) is 80.1 Å². The summed E-state index contributed by atoms with van der Waals surface area (Å²) in [6.45, 7) is 13.5. The van der Waals surface area contributed by atoms with Gasteiger partial charge in [-0.15, -0.1) is 22.7 Å². The van der Waals surface area contributed by atoms with E-state index in [1.807, 2.05) is 0 Å². The van der Waals surface area contributed by atoms with Crippen LogP contribution in [0.5, 0.6) is 0 Å². The van der Waals surface area contributed by atoms with Gasteiger partial charge in [0.1, 0.15) is 27.8 Å². The lowest BCUT2D eigenvalue weighted by atomic mass is 9.72. The van der Waals surface area contributed by atoms with Crippen LogP contribution in [0.25, 0.3) is 0 Å². The summed E-state index contributed by atoms with van der Waals surface area (Å²) in [5.74, 6) is 0.271. The largest absolute Gasteiger partial charge is 0.312 e. The highest BCUT2D eigenvalue weighted by atomic mass is 32.1. The van der Waals surface area contributed by atoms with E-state index in [-0.39, 0.29) is 22.4 Å². The highest BCUT2D eigenvalue weighted by Gasteiger charge is 2.34. The lowest BCUT2D eigenvalue weighted by Gasteiger charge is -2.33. The van der Waals surface area contributed by atoms with Gasteiger partial charge in [0.05, 0.1) is 16.7 Å². The topological polar surface area (TPSA) is 119 Å². The van der Waals surface area contributed by atoms with E-state index in [1.165, 1.54) is 44.7 Å². The smallest absolute Gasteiger partial charge is 0.274 e. The number of hydrogen-bond acceptors (Lipinski definition) is 7. The van der Waals surface area contributed by atoms with Crippen molar-refractivity contribution < 1.29 is 9.59 Å². The zero-order valence-electron chi connectivity index (χ0n) is 25.1. The van der Waals surface area contributed by atoms with Gasteiger partial charge in [0.15, 0.2) is 0 Å². The van der Waals surface area contributed by atoms with Gasteiger partial charge < -0.3 is 10.6 Å². The number of thiophene rings is 2. The molecule has 0 saturated carbocycles. The number of anilines is 2. The normalized spacial score (nSPS) is 18.3. The van der Waals surface area contributed by atoms with Gasteiger partial charge in [-0.3, -0.25) is 14.6 Å². The first-order valence-electron chi connectivity index (χ1n) is 14.5. The highest BCUT2D eigenvalue weighted by molar-refractivity contribution is 7.17. The van der Waals surface area contributed by atoms with Crippen LogP contribution < -0.4 is 10.6 Å². The molecule has 2 atom stereocenters. The Labute approximate surface area is 256 Å². The van der Waals surface area contributed by atoms with Gasteiger partial charge in [-0.05, 0) is 84.5 Å². The second-order valence-electron chi connectivity index (χ2n) is 13.6. The number of nitriles is 2. The standard InChI is InChI=1S/C33H37N5O2S2/c1-32(2,3)19-8-10-21-23(15-34)30(41-26(21)13-19)37-28(39)18-7-12-25(36-17-18)29(40)38-31-24(16-35)22-11-9-20(33(4,5)6)14-27(22)42-31/h7,12,17,19-20H,8-11,13-14H2,1-6H3,(H,37,39)(H,38,40)/t19-,20+/m0/s1. The fourth-order valence-electron chi connectivity index (χ4n) is 6.07. The molecule has 0 aromatic carbocycles. The molecule has 0 bridgehead atoms. The minimum atomic E-state index is -0.421. The number of nitrogens with zero attached hydrogens (tertiary/aromatic N) is 3. The van der Waals surface area contributed by atoms with Crippen LogP contribution in [-0.2, 0) is 25.7 Å². The molecule has 2 aliphatic carbocycles. The van der Waals surface area contributed by atoms with Crippen molar-refractivity contribution in [1.29, 1.82) is 10.5 Å². The van der Waals surface area contributed by atoms with Gasteiger partial charge in [0, 0.05) is 16.0 Å². The van der Waals surface area contributed by atoms with Crippen molar-refractivity contribution in [3.05, 3.63) is 61.6 Å². The van der Waals surface area contributed by atoms with E-state index in [1.54, 1.807) is 6.07 Å². The molecule has 218 valence electrons. The predicted octanol–water partition coefficient (Wildman–Crippen LogP) is 7.75. The molecule has 0 radical (unpaired) electrons. The molecule has 0 unspecified atom stereocenters. The zero-order chi connectivity index (χ0) is 30.4. The molecule has 9 heteroatoms. The van der Waals surface area contributed by atoms with E-state index in [0.29, 0.717) is 38.5 Å². The van der Waals surface area contributed by atoms with Crippen molar-refractivity contribution in [2.75, 3.05) is 10.6 Å². The van der Waals surface area contributed by atoms with Gasteiger partial charge in [0.25, 0.3) is 11.8 Å². The van der Waals surface area contributed by atoms with Crippen molar-refractivity contribution >= 4 is 44.5 Å². The van der Waals surface area contributed by atoms with Crippen molar-refractivity contribution in [3.8, 4) is 12.1 Å². The Kier molecular flexibility index (Phi) is 8.04. The van der Waals surface area contributed by atoms with Crippen molar-refractivity contribution in [3.63, 3.8) is 0 Å².